The Kier molecular flexibility index (Phi) is 8.28. The Labute approximate surface area is 199 Å². The van der Waals surface area contributed by atoms with Crippen LogP contribution in [-0.4, -0.2) is 25.1 Å². The lowest BCUT2D eigenvalue weighted by atomic mass is 9.99. The number of nitrogens with one attached hydrogen (secondary N) is 1. The van der Waals surface area contributed by atoms with Gasteiger partial charge in [0, 0.05) is 17.4 Å². The van der Waals surface area contributed by atoms with Gasteiger partial charge in [-0.25, -0.2) is 4.79 Å². The number of amides is 1. The Morgan fingerprint density at radius 3 is 2.52 bits per heavy atom. The molecular formula is C27H31NO4S. The lowest BCUT2D eigenvalue weighted by Gasteiger charge is -2.11. The largest absolute Gasteiger partial charge is 0.493 e. The molecule has 174 valence electrons. The van der Waals surface area contributed by atoms with Crippen molar-refractivity contribution in [2.24, 2.45) is 0 Å². The van der Waals surface area contributed by atoms with E-state index in [0.717, 1.165) is 28.0 Å². The molecule has 1 heterocycles. The molecule has 6 heteroatoms. The number of ether oxygens (including phenoxy) is 2. The van der Waals surface area contributed by atoms with E-state index in [1.807, 2.05) is 56.5 Å². The molecule has 0 aliphatic carbocycles. The molecule has 3 aromatic rings. The highest BCUT2D eigenvalue weighted by molar-refractivity contribution is 7.15. The second-order valence-corrected chi connectivity index (χ2v) is 8.95. The van der Waals surface area contributed by atoms with Crippen LogP contribution in [0.15, 0.2) is 41.8 Å². The maximum atomic E-state index is 12.7. The van der Waals surface area contributed by atoms with E-state index in [9.17, 15) is 9.59 Å². The maximum absolute atomic E-state index is 12.7. The van der Waals surface area contributed by atoms with Gasteiger partial charge in [0.15, 0.2) is 0 Å². The molecule has 0 aliphatic heterocycles. The third-order valence-corrected chi connectivity index (χ3v) is 6.60. The van der Waals surface area contributed by atoms with Crippen molar-refractivity contribution in [3.63, 3.8) is 0 Å². The van der Waals surface area contributed by atoms with Crippen molar-refractivity contribution >= 4 is 28.2 Å². The van der Waals surface area contributed by atoms with Gasteiger partial charge in [-0.3, -0.25) is 4.79 Å². The molecular weight excluding hydrogens is 434 g/mol. The van der Waals surface area contributed by atoms with Crippen molar-refractivity contribution in [3.8, 4) is 16.9 Å². The average Bonchev–Trinajstić information content (AvgIpc) is 3.19. The minimum atomic E-state index is -0.430. The summed E-state index contributed by atoms with van der Waals surface area (Å²) >= 11 is 1.34. The van der Waals surface area contributed by atoms with E-state index in [2.05, 4.69) is 18.3 Å². The predicted octanol–water partition coefficient (Wildman–Crippen LogP) is 6.62. The van der Waals surface area contributed by atoms with Gasteiger partial charge in [0.25, 0.3) is 0 Å². The normalized spacial score (nSPS) is 10.7. The summed E-state index contributed by atoms with van der Waals surface area (Å²) in [7, 11) is 0. The van der Waals surface area contributed by atoms with Gasteiger partial charge in [-0.05, 0) is 74.9 Å². The second-order valence-electron chi connectivity index (χ2n) is 8.07. The van der Waals surface area contributed by atoms with Crippen LogP contribution in [0.4, 0.5) is 5.00 Å². The van der Waals surface area contributed by atoms with Gasteiger partial charge in [0.05, 0.1) is 13.2 Å². The van der Waals surface area contributed by atoms with Gasteiger partial charge in [-0.1, -0.05) is 30.3 Å². The zero-order chi connectivity index (χ0) is 24.0. The summed E-state index contributed by atoms with van der Waals surface area (Å²) in [5, 5.41) is 5.32. The summed E-state index contributed by atoms with van der Waals surface area (Å²) in [5.41, 5.74) is 6.72. The number of thiophene rings is 1. The highest BCUT2D eigenvalue weighted by atomic mass is 32.1. The topological polar surface area (TPSA) is 64.6 Å². The van der Waals surface area contributed by atoms with Gasteiger partial charge >= 0.3 is 5.97 Å². The molecule has 2 aromatic carbocycles. The first kappa shape index (κ1) is 24.5. The van der Waals surface area contributed by atoms with Crippen LogP contribution in [0.3, 0.4) is 0 Å². The Bertz CT molecular complexity index is 1150. The van der Waals surface area contributed by atoms with Crippen LogP contribution in [0.1, 0.15) is 52.4 Å². The summed E-state index contributed by atoms with van der Waals surface area (Å²) < 4.78 is 11.1. The molecule has 0 atom stereocenters. The zero-order valence-electron chi connectivity index (χ0n) is 19.9. The summed E-state index contributed by atoms with van der Waals surface area (Å²) in [4.78, 5) is 25.4. The van der Waals surface area contributed by atoms with Gasteiger partial charge in [-0.15, -0.1) is 11.3 Å². The minimum absolute atomic E-state index is 0.154. The van der Waals surface area contributed by atoms with Crippen LogP contribution in [0, 0.1) is 27.7 Å². The van der Waals surface area contributed by atoms with E-state index >= 15 is 0 Å². The van der Waals surface area contributed by atoms with E-state index in [4.69, 9.17) is 9.47 Å². The molecule has 0 radical (unpaired) electrons. The fraction of sp³-hybridized carbons (Fsp3) is 0.333. The lowest BCUT2D eigenvalue weighted by molar-refractivity contribution is -0.116. The maximum Gasteiger partial charge on any atom is 0.341 e. The smallest absolute Gasteiger partial charge is 0.341 e. The molecule has 3 rings (SSSR count). The zero-order valence-corrected chi connectivity index (χ0v) is 20.7. The number of esters is 1. The quantitative estimate of drug-likeness (QED) is 0.285. The van der Waals surface area contributed by atoms with Crippen molar-refractivity contribution in [1.82, 2.24) is 0 Å². The first-order valence-corrected chi connectivity index (χ1v) is 12.0. The number of carbonyl (C=O) groups excluding carboxylic acids is 2. The first-order chi connectivity index (χ1) is 15.8. The van der Waals surface area contributed by atoms with Gasteiger partial charge in [0.1, 0.15) is 16.3 Å². The Morgan fingerprint density at radius 1 is 1.00 bits per heavy atom. The number of benzene rings is 2. The molecule has 0 bridgehead atoms. The third-order valence-electron chi connectivity index (χ3n) is 5.70. The van der Waals surface area contributed by atoms with Crippen LogP contribution in [-0.2, 0) is 9.53 Å². The molecule has 0 unspecified atom stereocenters. The van der Waals surface area contributed by atoms with Crippen LogP contribution in [0.2, 0.25) is 0 Å². The third kappa shape index (κ3) is 6.02. The molecule has 1 N–H and O–H groups in total. The fourth-order valence-electron chi connectivity index (χ4n) is 3.46. The van der Waals surface area contributed by atoms with Gasteiger partial charge in [-0.2, -0.15) is 0 Å². The Hall–Kier alpha value is -3.12. The van der Waals surface area contributed by atoms with Crippen LogP contribution in [0.5, 0.6) is 5.75 Å². The molecule has 0 fully saturated rings. The van der Waals surface area contributed by atoms with Crippen molar-refractivity contribution in [3.05, 3.63) is 69.6 Å². The van der Waals surface area contributed by atoms with Crippen LogP contribution >= 0.6 is 11.3 Å². The number of hydrogen-bond donors (Lipinski definition) is 1. The van der Waals surface area contributed by atoms with Crippen molar-refractivity contribution < 1.29 is 19.1 Å². The SMILES string of the molecule is CCOC(=O)c1c(-c2ccc(C)c(C)c2)csc1NC(=O)CCCOc1cccc(C)c1C. The summed E-state index contributed by atoms with van der Waals surface area (Å²) in [6, 6.07) is 12.0. The molecule has 0 aliphatic rings. The second kappa shape index (κ2) is 11.1. The number of aryl methyl sites for hydroxylation is 3. The first-order valence-electron chi connectivity index (χ1n) is 11.2. The number of hydrogen-bond acceptors (Lipinski definition) is 5. The molecule has 0 saturated carbocycles. The monoisotopic (exact) mass is 465 g/mol. The molecule has 0 spiro atoms. The summed E-state index contributed by atoms with van der Waals surface area (Å²) in [6.07, 6.45) is 0.868. The van der Waals surface area contributed by atoms with E-state index in [1.54, 1.807) is 6.92 Å². The van der Waals surface area contributed by atoms with Crippen molar-refractivity contribution in [2.45, 2.75) is 47.5 Å². The summed E-state index contributed by atoms with van der Waals surface area (Å²) in [6.45, 7) is 10.6. The Balaban J connectivity index is 1.68. The molecule has 1 aromatic heterocycles. The van der Waals surface area contributed by atoms with E-state index in [0.29, 0.717) is 30.0 Å². The highest BCUT2D eigenvalue weighted by Crippen LogP contribution is 2.37. The van der Waals surface area contributed by atoms with Gasteiger partial charge < -0.3 is 14.8 Å². The molecule has 0 saturated heterocycles. The van der Waals surface area contributed by atoms with E-state index in [1.165, 1.54) is 22.5 Å². The number of carbonyl (C=O) groups is 2. The minimum Gasteiger partial charge on any atom is -0.493 e. The fourth-order valence-corrected chi connectivity index (χ4v) is 4.44. The van der Waals surface area contributed by atoms with Crippen LogP contribution in [0.25, 0.3) is 11.1 Å². The van der Waals surface area contributed by atoms with E-state index in [-0.39, 0.29) is 12.5 Å². The molecule has 5 nitrogen and oxygen atoms in total. The highest BCUT2D eigenvalue weighted by Gasteiger charge is 2.23. The van der Waals surface area contributed by atoms with Gasteiger partial charge in [0.2, 0.25) is 5.91 Å². The molecule has 1 amide bonds. The lowest BCUT2D eigenvalue weighted by Crippen LogP contribution is -2.15. The number of anilines is 1. The molecule has 33 heavy (non-hydrogen) atoms. The predicted molar refractivity (Wildman–Crippen MR) is 134 cm³/mol. The van der Waals surface area contributed by atoms with E-state index < -0.39 is 5.97 Å². The van der Waals surface area contributed by atoms with Crippen LogP contribution < -0.4 is 10.1 Å². The Morgan fingerprint density at radius 2 is 1.79 bits per heavy atom. The average molecular weight is 466 g/mol. The van der Waals surface area contributed by atoms with Crippen molar-refractivity contribution in [2.75, 3.05) is 18.5 Å². The summed E-state index contributed by atoms with van der Waals surface area (Å²) in [5.74, 6) is 0.260. The number of rotatable bonds is 9. The standard InChI is InChI=1S/C27H31NO4S/c1-6-31-27(30)25-22(21-13-12-17(2)19(4)15-21)16-33-26(25)28-24(29)11-8-14-32-23-10-7-9-18(3)20(23)5/h7,9-10,12-13,15-16H,6,8,11,14H2,1-5H3,(H,28,29). The van der Waals surface area contributed by atoms with Crippen molar-refractivity contribution in [1.29, 1.82) is 0 Å².